The zero-order chi connectivity index (χ0) is 22.2. The molecular formula is C24H26N2O4S. The van der Waals surface area contributed by atoms with Gasteiger partial charge in [0.1, 0.15) is 0 Å². The zero-order valence-corrected chi connectivity index (χ0v) is 18.4. The Morgan fingerprint density at radius 1 is 1.10 bits per heavy atom. The average molecular weight is 439 g/mol. The highest BCUT2D eigenvalue weighted by Crippen LogP contribution is 2.43. The van der Waals surface area contributed by atoms with E-state index < -0.39 is 10.0 Å². The Labute approximate surface area is 183 Å². The van der Waals surface area contributed by atoms with E-state index in [-0.39, 0.29) is 54.4 Å². The number of carbonyl (C=O) groups excluding carboxylic acids is 1. The van der Waals surface area contributed by atoms with E-state index in [4.69, 9.17) is 0 Å². The van der Waals surface area contributed by atoms with E-state index in [1.54, 1.807) is 23.1 Å². The first-order valence-electron chi connectivity index (χ1n) is 10.4. The van der Waals surface area contributed by atoms with Crippen LogP contribution in [0.2, 0.25) is 0 Å². The molecule has 2 saturated heterocycles. The molecule has 7 heteroatoms. The number of hydrogen-bond donors (Lipinski definition) is 1. The predicted molar refractivity (Wildman–Crippen MR) is 118 cm³/mol. The van der Waals surface area contributed by atoms with E-state index in [0.717, 1.165) is 11.1 Å². The number of benzene rings is 2. The number of hydrogen-bond acceptors (Lipinski definition) is 4. The van der Waals surface area contributed by atoms with Crippen molar-refractivity contribution >= 4 is 15.9 Å². The zero-order valence-electron chi connectivity index (χ0n) is 17.6. The minimum atomic E-state index is -3.76. The largest absolute Gasteiger partial charge is 0.394 e. The molecule has 1 N–H and O–H groups in total. The lowest BCUT2D eigenvalue weighted by molar-refractivity contribution is -0.158. The lowest BCUT2D eigenvalue weighted by Crippen LogP contribution is -2.73. The molecule has 0 saturated carbocycles. The summed E-state index contributed by atoms with van der Waals surface area (Å²) in [5, 5.41) is 9.93. The second-order valence-corrected chi connectivity index (χ2v) is 10.2. The van der Waals surface area contributed by atoms with Gasteiger partial charge in [0.2, 0.25) is 15.9 Å². The van der Waals surface area contributed by atoms with E-state index in [9.17, 15) is 18.3 Å². The summed E-state index contributed by atoms with van der Waals surface area (Å²) in [6, 6.07) is 15.3. The van der Waals surface area contributed by atoms with Gasteiger partial charge in [-0.1, -0.05) is 56.0 Å². The number of rotatable bonds is 4. The molecule has 1 amide bonds. The van der Waals surface area contributed by atoms with Crippen molar-refractivity contribution in [2.24, 2.45) is 5.92 Å². The van der Waals surface area contributed by atoms with Gasteiger partial charge in [-0.05, 0) is 29.8 Å². The number of fused-ring (bicyclic) bond motifs is 1. The molecule has 2 fully saturated rings. The first-order valence-corrected chi connectivity index (χ1v) is 11.9. The topological polar surface area (TPSA) is 77.9 Å². The number of aliphatic hydroxyl groups is 1. The summed E-state index contributed by atoms with van der Waals surface area (Å²) in [7, 11) is -3.76. The van der Waals surface area contributed by atoms with E-state index in [1.807, 2.05) is 38.1 Å². The van der Waals surface area contributed by atoms with Crippen molar-refractivity contribution in [3.05, 3.63) is 65.7 Å². The molecule has 2 aliphatic rings. The number of amides is 1. The van der Waals surface area contributed by atoms with Gasteiger partial charge in [0.15, 0.2) is 0 Å². The molecule has 4 rings (SSSR count). The average Bonchev–Trinajstić information content (AvgIpc) is 2.75. The van der Waals surface area contributed by atoms with E-state index in [1.165, 1.54) is 16.4 Å². The first kappa shape index (κ1) is 21.6. The maximum atomic E-state index is 13.1. The SMILES string of the molecule is CC(C)C#Cc1ccc([C@@H]2[C@@H](CO)N3C(=O)CN(S(=O)(=O)c4ccccc4)C[C@H]23)cc1. The Hall–Kier alpha value is -2.66. The van der Waals surface area contributed by atoms with Crippen LogP contribution in [0.4, 0.5) is 0 Å². The van der Waals surface area contributed by atoms with Crippen LogP contribution >= 0.6 is 0 Å². The molecule has 0 bridgehead atoms. The van der Waals surface area contributed by atoms with Crippen molar-refractivity contribution in [1.82, 2.24) is 9.21 Å². The van der Waals surface area contributed by atoms with Gasteiger partial charge in [0.25, 0.3) is 0 Å². The van der Waals surface area contributed by atoms with Crippen LogP contribution in [0.1, 0.15) is 30.9 Å². The van der Waals surface area contributed by atoms with E-state index in [0.29, 0.717) is 0 Å². The minimum absolute atomic E-state index is 0.130. The van der Waals surface area contributed by atoms with Crippen molar-refractivity contribution < 1.29 is 18.3 Å². The van der Waals surface area contributed by atoms with Crippen molar-refractivity contribution in [3.8, 4) is 11.8 Å². The van der Waals surface area contributed by atoms with Gasteiger partial charge < -0.3 is 10.0 Å². The van der Waals surface area contributed by atoms with Gasteiger partial charge in [0.05, 0.1) is 30.1 Å². The summed E-state index contributed by atoms with van der Waals surface area (Å²) in [5.41, 5.74) is 1.88. The van der Waals surface area contributed by atoms with Gasteiger partial charge in [0, 0.05) is 23.9 Å². The third-order valence-electron chi connectivity index (χ3n) is 5.90. The summed E-state index contributed by atoms with van der Waals surface area (Å²) in [6.07, 6.45) is 0. The maximum absolute atomic E-state index is 13.1. The van der Waals surface area contributed by atoms with Crippen LogP contribution in [0.3, 0.4) is 0 Å². The highest BCUT2D eigenvalue weighted by molar-refractivity contribution is 7.89. The Kier molecular flexibility index (Phi) is 5.89. The van der Waals surface area contributed by atoms with Crippen molar-refractivity contribution in [2.45, 2.75) is 36.7 Å². The normalized spacial score (nSPS) is 23.7. The summed E-state index contributed by atoms with van der Waals surface area (Å²) in [5.74, 6) is 6.14. The van der Waals surface area contributed by atoms with Gasteiger partial charge in [-0.15, -0.1) is 0 Å². The molecule has 0 aromatic heterocycles. The summed E-state index contributed by atoms with van der Waals surface area (Å²) < 4.78 is 27.4. The molecule has 0 radical (unpaired) electrons. The standard InChI is InChI=1S/C24H26N2O4S/c1-17(2)8-9-18-10-12-19(13-11-18)24-21-14-25(15-23(28)26(21)22(24)16-27)31(29,30)20-6-4-3-5-7-20/h3-7,10-13,17,21-22,24,27H,14-16H2,1-2H3/t21-,22-,24+/m1/s1. The maximum Gasteiger partial charge on any atom is 0.243 e. The fraction of sp³-hybridized carbons (Fsp3) is 0.375. The van der Waals surface area contributed by atoms with Crippen molar-refractivity contribution in [2.75, 3.05) is 19.7 Å². The first-order chi connectivity index (χ1) is 14.8. The molecule has 0 spiro atoms. The van der Waals surface area contributed by atoms with Crippen LogP contribution in [-0.2, 0) is 14.8 Å². The fourth-order valence-electron chi connectivity index (χ4n) is 4.41. The molecule has 2 aromatic carbocycles. The van der Waals surface area contributed by atoms with Gasteiger partial charge >= 0.3 is 0 Å². The second kappa shape index (κ2) is 8.46. The van der Waals surface area contributed by atoms with Crippen LogP contribution in [0.25, 0.3) is 0 Å². The summed E-state index contributed by atoms with van der Waals surface area (Å²) >= 11 is 0. The highest BCUT2D eigenvalue weighted by atomic mass is 32.2. The molecule has 3 atom stereocenters. The Morgan fingerprint density at radius 3 is 2.39 bits per heavy atom. The molecule has 2 heterocycles. The molecule has 6 nitrogen and oxygen atoms in total. The van der Waals surface area contributed by atoms with Crippen molar-refractivity contribution in [1.29, 1.82) is 0 Å². The Morgan fingerprint density at radius 2 is 1.77 bits per heavy atom. The third kappa shape index (κ3) is 3.99. The second-order valence-electron chi connectivity index (χ2n) is 8.30. The highest BCUT2D eigenvalue weighted by Gasteiger charge is 2.55. The molecule has 0 aliphatic carbocycles. The molecule has 2 aromatic rings. The van der Waals surface area contributed by atoms with Crippen LogP contribution in [0.15, 0.2) is 59.5 Å². The van der Waals surface area contributed by atoms with Crippen LogP contribution in [0, 0.1) is 17.8 Å². The Bertz CT molecular complexity index is 1120. The minimum Gasteiger partial charge on any atom is -0.394 e. The number of aliphatic hydroxyl groups excluding tert-OH is 1. The number of nitrogens with zero attached hydrogens (tertiary/aromatic N) is 2. The number of piperazine rings is 1. The van der Waals surface area contributed by atoms with Gasteiger partial charge in [-0.2, -0.15) is 4.31 Å². The molecule has 2 aliphatic heterocycles. The fourth-order valence-corrected chi connectivity index (χ4v) is 5.84. The number of sulfonamides is 1. The van der Waals surface area contributed by atoms with Gasteiger partial charge in [-0.3, -0.25) is 4.79 Å². The lowest BCUT2D eigenvalue weighted by atomic mass is 9.74. The lowest BCUT2D eigenvalue weighted by Gasteiger charge is -2.58. The quantitative estimate of drug-likeness (QED) is 0.742. The smallest absolute Gasteiger partial charge is 0.243 e. The molecule has 0 unspecified atom stereocenters. The predicted octanol–water partition coefficient (Wildman–Crippen LogP) is 2.05. The number of carbonyl (C=O) groups is 1. The third-order valence-corrected chi connectivity index (χ3v) is 7.73. The molecule has 31 heavy (non-hydrogen) atoms. The van der Waals surface area contributed by atoms with Crippen LogP contribution in [0.5, 0.6) is 0 Å². The monoisotopic (exact) mass is 438 g/mol. The Balaban J connectivity index is 1.60. The molecule has 162 valence electrons. The van der Waals surface area contributed by atoms with Crippen LogP contribution < -0.4 is 0 Å². The van der Waals surface area contributed by atoms with E-state index >= 15 is 0 Å². The van der Waals surface area contributed by atoms with Gasteiger partial charge in [-0.25, -0.2) is 8.42 Å². The molecular weight excluding hydrogens is 412 g/mol. The van der Waals surface area contributed by atoms with E-state index in [2.05, 4.69) is 11.8 Å². The van der Waals surface area contributed by atoms with Crippen LogP contribution in [-0.4, -0.2) is 60.4 Å². The summed E-state index contributed by atoms with van der Waals surface area (Å²) in [4.78, 5) is 14.6. The summed E-state index contributed by atoms with van der Waals surface area (Å²) in [6.45, 7) is 3.91. The van der Waals surface area contributed by atoms with Crippen molar-refractivity contribution in [3.63, 3.8) is 0 Å².